The second-order valence-corrected chi connectivity index (χ2v) is 5.77. The molecule has 0 aliphatic heterocycles. The third-order valence-electron chi connectivity index (χ3n) is 3.06. The highest BCUT2D eigenvalue weighted by Crippen LogP contribution is 2.29. The number of nitrogens with one attached hydrogen (secondary N) is 1. The Morgan fingerprint density at radius 1 is 1.12 bits per heavy atom. The van der Waals surface area contributed by atoms with Crippen molar-refractivity contribution in [3.8, 4) is 5.75 Å². The fourth-order valence-corrected chi connectivity index (χ4v) is 2.29. The van der Waals surface area contributed by atoms with E-state index >= 15 is 0 Å². The van der Waals surface area contributed by atoms with Gasteiger partial charge in [0, 0.05) is 0 Å². The van der Waals surface area contributed by atoms with Crippen molar-refractivity contribution in [3.63, 3.8) is 0 Å². The molecule has 132 valence electrons. The molecule has 0 fully saturated rings. The Kier molecular flexibility index (Phi) is 6.61. The first kappa shape index (κ1) is 19.0. The van der Waals surface area contributed by atoms with Gasteiger partial charge in [0.05, 0.1) is 15.7 Å². The average molecular weight is 386 g/mol. The zero-order chi connectivity index (χ0) is 18.4. The van der Waals surface area contributed by atoms with Gasteiger partial charge in [0.15, 0.2) is 12.7 Å². The van der Waals surface area contributed by atoms with Crippen molar-refractivity contribution in [3.05, 3.63) is 58.3 Å². The van der Waals surface area contributed by atoms with Crippen molar-refractivity contribution in [2.75, 3.05) is 11.9 Å². The predicted molar refractivity (Wildman–Crippen MR) is 92.5 cm³/mol. The summed E-state index contributed by atoms with van der Waals surface area (Å²) in [6, 6.07) is 9.91. The summed E-state index contributed by atoms with van der Waals surface area (Å²) < 4.78 is 22.9. The lowest BCUT2D eigenvalue weighted by Crippen LogP contribution is -2.31. The van der Waals surface area contributed by atoms with Gasteiger partial charge < -0.3 is 14.8 Å². The number of amides is 1. The quantitative estimate of drug-likeness (QED) is 0.760. The van der Waals surface area contributed by atoms with Gasteiger partial charge in [-0.1, -0.05) is 29.3 Å². The summed E-state index contributed by atoms with van der Waals surface area (Å²) in [6.07, 6.45) is -1.09. The van der Waals surface area contributed by atoms with Crippen molar-refractivity contribution in [1.29, 1.82) is 0 Å². The molecular formula is C17H14Cl2FNO4. The lowest BCUT2D eigenvalue weighted by Gasteiger charge is -2.15. The number of rotatable bonds is 6. The second kappa shape index (κ2) is 8.69. The molecule has 5 nitrogen and oxygen atoms in total. The maximum absolute atomic E-state index is 12.8. The van der Waals surface area contributed by atoms with Gasteiger partial charge in [-0.05, 0) is 43.3 Å². The van der Waals surface area contributed by atoms with Crippen LogP contribution < -0.4 is 10.1 Å². The molecule has 0 heterocycles. The van der Waals surface area contributed by atoms with E-state index in [-0.39, 0.29) is 15.7 Å². The number of carbonyl (C=O) groups excluding carboxylic acids is 2. The number of esters is 1. The predicted octanol–water partition coefficient (Wildman–Crippen LogP) is 4.08. The number of halogens is 3. The SMILES string of the molecule is C[C@H](OC(=O)COc1ccc(F)cc1)C(=O)Nc1c(Cl)cccc1Cl. The van der Waals surface area contributed by atoms with Crippen molar-refractivity contribution in [2.45, 2.75) is 13.0 Å². The molecule has 0 aliphatic rings. The van der Waals surface area contributed by atoms with Crippen LogP contribution in [0.3, 0.4) is 0 Å². The van der Waals surface area contributed by atoms with E-state index in [4.69, 9.17) is 32.7 Å². The Labute approximate surface area is 153 Å². The molecule has 0 saturated heterocycles. The molecule has 0 aliphatic carbocycles. The highest BCUT2D eigenvalue weighted by molar-refractivity contribution is 6.39. The smallest absolute Gasteiger partial charge is 0.344 e. The third-order valence-corrected chi connectivity index (χ3v) is 3.69. The Morgan fingerprint density at radius 3 is 2.32 bits per heavy atom. The lowest BCUT2D eigenvalue weighted by molar-refractivity contribution is -0.155. The van der Waals surface area contributed by atoms with E-state index in [9.17, 15) is 14.0 Å². The minimum absolute atomic E-state index is 0.237. The average Bonchev–Trinajstić information content (AvgIpc) is 2.57. The molecular weight excluding hydrogens is 372 g/mol. The molecule has 25 heavy (non-hydrogen) atoms. The summed E-state index contributed by atoms with van der Waals surface area (Å²) in [5.41, 5.74) is 0.237. The molecule has 2 aromatic carbocycles. The van der Waals surface area contributed by atoms with Gasteiger partial charge >= 0.3 is 5.97 Å². The first-order valence-corrected chi connectivity index (χ1v) is 7.95. The molecule has 0 radical (unpaired) electrons. The van der Waals surface area contributed by atoms with Gasteiger partial charge in [-0.15, -0.1) is 0 Å². The zero-order valence-electron chi connectivity index (χ0n) is 13.1. The van der Waals surface area contributed by atoms with Gasteiger partial charge in [-0.3, -0.25) is 4.79 Å². The Morgan fingerprint density at radius 2 is 1.72 bits per heavy atom. The van der Waals surface area contributed by atoms with Crippen LogP contribution >= 0.6 is 23.2 Å². The van der Waals surface area contributed by atoms with E-state index in [1.165, 1.54) is 31.2 Å². The molecule has 0 unspecified atom stereocenters. The molecule has 0 spiro atoms. The van der Waals surface area contributed by atoms with Gasteiger partial charge in [0.25, 0.3) is 5.91 Å². The molecule has 0 bridgehead atoms. The number of para-hydroxylation sites is 1. The molecule has 1 atom stereocenters. The van der Waals surface area contributed by atoms with Gasteiger partial charge in [0.2, 0.25) is 0 Å². The third kappa shape index (κ3) is 5.62. The van der Waals surface area contributed by atoms with Crippen molar-refractivity contribution in [2.24, 2.45) is 0 Å². The van der Waals surface area contributed by atoms with Crippen LogP contribution in [-0.2, 0) is 14.3 Å². The van der Waals surface area contributed by atoms with Crippen molar-refractivity contribution < 1.29 is 23.5 Å². The molecule has 0 aromatic heterocycles. The fourth-order valence-electron chi connectivity index (χ4n) is 1.80. The lowest BCUT2D eigenvalue weighted by atomic mass is 10.3. The van der Waals surface area contributed by atoms with Gasteiger partial charge in [0.1, 0.15) is 11.6 Å². The summed E-state index contributed by atoms with van der Waals surface area (Å²) in [6.45, 7) is 0.978. The topological polar surface area (TPSA) is 64.6 Å². The highest BCUT2D eigenvalue weighted by Gasteiger charge is 2.20. The standard InChI is InChI=1S/C17H14Cl2FNO4/c1-10(17(23)21-16-13(18)3-2-4-14(16)19)25-15(22)9-24-12-7-5-11(20)6-8-12/h2-8,10H,9H2,1H3,(H,21,23)/t10-/m0/s1. The monoisotopic (exact) mass is 385 g/mol. The number of anilines is 1. The fraction of sp³-hybridized carbons (Fsp3) is 0.176. The maximum atomic E-state index is 12.8. The maximum Gasteiger partial charge on any atom is 0.344 e. The van der Waals surface area contributed by atoms with Crippen LogP contribution in [0.15, 0.2) is 42.5 Å². The first-order chi connectivity index (χ1) is 11.9. The number of benzene rings is 2. The molecule has 2 rings (SSSR count). The van der Waals surface area contributed by atoms with E-state index in [1.807, 2.05) is 0 Å². The summed E-state index contributed by atoms with van der Waals surface area (Å²) >= 11 is 11.9. The molecule has 0 saturated carbocycles. The minimum Gasteiger partial charge on any atom is -0.482 e. The number of ether oxygens (including phenoxy) is 2. The zero-order valence-corrected chi connectivity index (χ0v) is 14.6. The van der Waals surface area contributed by atoms with Crippen LogP contribution in [0.5, 0.6) is 5.75 Å². The van der Waals surface area contributed by atoms with Crippen LogP contribution in [-0.4, -0.2) is 24.6 Å². The Balaban J connectivity index is 1.85. The van der Waals surface area contributed by atoms with Crippen LogP contribution in [0.2, 0.25) is 10.0 Å². The molecule has 8 heteroatoms. The first-order valence-electron chi connectivity index (χ1n) is 7.19. The van der Waals surface area contributed by atoms with Crippen molar-refractivity contribution >= 4 is 40.8 Å². The number of hydrogen-bond donors (Lipinski definition) is 1. The molecule has 2 aromatic rings. The minimum atomic E-state index is -1.09. The number of hydrogen-bond acceptors (Lipinski definition) is 4. The summed E-state index contributed by atoms with van der Waals surface area (Å²) in [5, 5.41) is 3.03. The van der Waals surface area contributed by atoms with E-state index in [0.717, 1.165) is 0 Å². The number of carbonyl (C=O) groups is 2. The normalized spacial score (nSPS) is 11.5. The summed E-state index contributed by atoms with van der Waals surface area (Å²) in [7, 11) is 0. The van der Waals surface area contributed by atoms with Crippen LogP contribution in [0, 0.1) is 5.82 Å². The van der Waals surface area contributed by atoms with E-state index in [0.29, 0.717) is 5.75 Å². The Hall–Kier alpha value is -2.31. The van der Waals surface area contributed by atoms with E-state index in [2.05, 4.69) is 5.32 Å². The van der Waals surface area contributed by atoms with Crippen molar-refractivity contribution in [1.82, 2.24) is 0 Å². The van der Waals surface area contributed by atoms with Crippen LogP contribution in [0.25, 0.3) is 0 Å². The van der Waals surface area contributed by atoms with E-state index in [1.54, 1.807) is 18.2 Å². The summed E-state index contributed by atoms with van der Waals surface area (Å²) in [4.78, 5) is 23.8. The van der Waals surface area contributed by atoms with Gasteiger partial charge in [-0.2, -0.15) is 0 Å². The van der Waals surface area contributed by atoms with Gasteiger partial charge in [-0.25, -0.2) is 9.18 Å². The second-order valence-electron chi connectivity index (χ2n) is 4.96. The molecule has 1 N–H and O–H groups in total. The largest absolute Gasteiger partial charge is 0.482 e. The summed E-state index contributed by atoms with van der Waals surface area (Å²) in [5.74, 6) is -1.46. The Bertz CT molecular complexity index is 747. The van der Waals surface area contributed by atoms with Crippen LogP contribution in [0.4, 0.5) is 10.1 Å². The van der Waals surface area contributed by atoms with E-state index < -0.39 is 30.4 Å². The highest BCUT2D eigenvalue weighted by atomic mass is 35.5. The molecule has 1 amide bonds. The van der Waals surface area contributed by atoms with Crippen LogP contribution in [0.1, 0.15) is 6.92 Å².